The molecule has 2 unspecified atom stereocenters. The van der Waals surface area contributed by atoms with Crippen molar-refractivity contribution in [1.82, 2.24) is 9.62 Å². The molecular formula is C12H20N2O4S. The summed E-state index contributed by atoms with van der Waals surface area (Å²) < 4.78 is 37.3. The van der Waals surface area contributed by atoms with Gasteiger partial charge in [0, 0.05) is 12.6 Å². The summed E-state index contributed by atoms with van der Waals surface area (Å²) >= 11 is 0. The molecule has 1 aliphatic heterocycles. The lowest BCUT2D eigenvalue weighted by Crippen LogP contribution is -2.49. The van der Waals surface area contributed by atoms with Crippen LogP contribution in [0.1, 0.15) is 19.6 Å². The number of hydrogen-bond donors (Lipinski definition) is 1. The number of hydrogen-bond acceptors (Lipinski definition) is 5. The van der Waals surface area contributed by atoms with Gasteiger partial charge >= 0.3 is 0 Å². The van der Waals surface area contributed by atoms with Crippen LogP contribution >= 0.6 is 0 Å². The van der Waals surface area contributed by atoms with Gasteiger partial charge in [-0.3, -0.25) is 0 Å². The van der Waals surface area contributed by atoms with Gasteiger partial charge in [-0.1, -0.05) is 0 Å². The number of nitrogens with one attached hydrogen (secondary N) is 1. The minimum atomic E-state index is -3.58. The van der Waals surface area contributed by atoms with Crippen molar-refractivity contribution in [3.05, 3.63) is 17.9 Å². The molecule has 1 aromatic heterocycles. The van der Waals surface area contributed by atoms with E-state index in [0.29, 0.717) is 25.5 Å². The van der Waals surface area contributed by atoms with Crippen LogP contribution in [0.15, 0.2) is 21.6 Å². The van der Waals surface area contributed by atoms with E-state index in [9.17, 15) is 8.42 Å². The molecule has 7 heteroatoms. The molecule has 0 aromatic carbocycles. The maximum Gasteiger partial charge on any atom is 0.276 e. The maximum atomic E-state index is 12.5. The molecule has 0 radical (unpaired) electrons. The average molecular weight is 288 g/mol. The van der Waals surface area contributed by atoms with E-state index in [1.165, 1.54) is 10.4 Å². The first-order valence-electron chi connectivity index (χ1n) is 6.32. The fraction of sp³-hybridized carbons (Fsp3) is 0.667. The standard InChI is InChI=1S/C12H20N2O4S/c1-9-8-17-10(2)7-14(9)19(15,16)12-5-4-11(18-12)6-13-3/h4-5,9-10,13H,6-8H2,1-3H3. The Morgan fingerprint density at radius 3 is 2.84 bits per heavy atom. The number of sulfonamides is 1. The second-order valence-corrected chi connectivity index (χ2v) is 6.64. The molecule has 19 heavy (non-hydrogen) atoms. The lowest BCUT2D eigenvalue weighted by Gasteiger charge is -2.34. The molecule has 0 saturated carbocycles. The molecule has 0 amide bonds. The number of morpholine rings is 1. The highest BCUT2D eigenvalue weighted by molar-refractivity contribution is 7.89. The van der Waals surface area contributed by atoms with Crippen molar-refractivity contribution < 1.29 is 17.6 Å². The first-order chi connectivity index (χ1) is 8.95. The monoisotopic (exact) mass is 288 g/mol. The zero-order valence-corrected chi connectivity index (χ0v) is 12.2. The van der Waals surface area contributed by atoms with Crippen molar-refractivity contribution >= 4 is 10.0 Å². The van der Waals surface area contributed by atoms with Crippen molar-refractivity contribution in [2.45, 2.75) is 37.6 Å². The Bertz CT molecular complexity index is 526. The second kappa shape index (κ2) is 5.62. The zero-order valence-electron chi connectivity index (χ0n) is 11.4. The van der Waals surface area contributed by atoms with E-state index in [4.69, 9.17) is 9.15 Å². The third-order valence-electron chi connectivity index (χ3n) is 3.10. The molecular weight excluding hydrogens is 268 g/mol. The Balaban J connectivity index is 2.24. The molecule has 1 aliphatic rings. The highest BCUT2D eigenvalue weighted by atomic mass is 32.2. The van der Waals surface area contributed by atoms with Crippen LogP contribution in [0.4, 0.5) is 0 Å². The molecule has 1 aromatic rings. The van der Waals surface area contributed by atoms with Gasteiger partial charge in [-0.15, -0.1) is 0 Å². The maximum absolute atomic E-state index is 12.5. The summed E-state index contributed by atoms with van der Waals surface area (Å²) in [6.07, 6.45) is -0.0993. The molecule has 1 fully saturated rings. The first-order valence-corrected chi connectivity index (χ1v) is 7.76. The van der Waals surface area contributed by atoms with E-state index < -0.39 is 10.0 Å². The van der Waals surface area contributed by atoms with E-state index in [0.717, 1.165) is 0 Å². The number of furan rings is 1. The lowest BCUT2D eigenvalue weighted by molar-refractivity contribution is -0.0175. The quantitative estimate of drug-likeness (QED) is 0.887. The van der Waals surface area contributed by atoms with Crippen LogP contribution < -0.4 is 5.32 Å². The smallest absolute Gasteiger partial charge is 0.276 e. The summed E-state index contributed by atoms with van der Waals surface area (Å²) in [5, 5.41) is 2.92. The van der Waals surface area contributed by atoms with E-state index >= 15 is 0 Å². The minimum absolute atomic E-state index is 0.00120. The van der Waals surface area contributed by atoms with E-state index in [-0.39, 0.29) is 17.2 Å². The van der Waals surface area contributed by atoms with Crippen LogP contribution in [0, 0.1) is 0 Å². The van der Waals surface area contributed by atoms with Gasteiger partial charge in [0.05, 0.1) is 19.3 Å². The van der Waals surface area contributed by atoms with Crippen molar-refractivity contribution in [3.63, 3.8) is 0 Å². The van der Waals surface area contributed by atoms with Gasteiger partial charge in [-0.05, 0) is 33.0 Å². The van der Waals surface area contributed by atoms with E-state index in [2.05, 4.69) is 5.32 Å². The Kier molecular flexibility index (Phi) is 4.29. The highest BCUT2D eigenvalue weighted by Crippen LogP contribution is 2.24. The Morgan fingerprint density at radius 1 is 1.42 bits per heavy atom. The van der Waals surface area contributed by atoms with Gasteiger partial charge in [-0.25, -0.2) is 8.42 Å². The molecule has 2 atom stereocenters. The summed E-state index contributed by atoms with van der Waals surface area (Å²) in [6.45, 7) is 4.96. The van der Waals surface area contributed by atoms with Crippen LogP contribution in [-0.4, -0.2) is 45.1 Å². The molecule has 0 spiro atoms. The summed E-state index contributed by atoms with van der Waals surface area (Å²) in [5.41, 5.74) is 0. The predicted octanol–water partition coefficient (Wildman–Crippen LogP) is 0.797. The highest BCUT2D eigenvalue weighted by Gasteiger charge is 2.35. The normalized spacial score (nSPS) is 25.6. The zero-order chi connectivity index (χ0) is 14.0. The first kappa shape index (κ1) is 14.5. The molecule has 0 aliphatic carbocycles. The number of rotatable bonds is 4. The van der Waals surface area contributed by atoms with Gasteiger partial charge in [-0.2, -0.15) is 4.31 Å². The summed E-state index contributed by atoms with van der Waals surface area (Å²) in [6, 6.07) is 3.01. The molecule has 1 saturated heterocycles. The molecule has 108 valence electrons. The van der Waals surface area contributed by atoms with Crippen LogP contribution in [0.5, 0.6) is 0 Å². The lowest BCUT2D eigenvalue weighted by atomic mass is 10.2. The fourth-order valence-electron chi connectivity index (χ4n) is 2.09. The SMILES string of the molecule is CNCc1ccc(S(=O)(=O)N2CC(C)OCC2C)o1. The predicted molar refractivity (Wildman–Crippen MR) is 70.2 cm³/mol. The number of nitrogens with zero attached hydrogens (tertiary/aromatic N) is 1. The number of ether oxygens (including phenoxy) is 1. The van der Waals surface area contributed by atoms with E-state index in [1.807, 2.05) is 13.8 Å². The molecule has 2 heterocycles. The van der Waals surface area contributed by atoms with E-state index in [1.54, 1.807) is 13.1 Å². The van der Waals surface area contributed by atoms with Gasteiger partial charge < -0.3 is 14.5 Å². The third-order valence-corrected chi connectivity index (χ3v) is 4.96. The van der Waals surface area contributed by atoms with Crippen LogP contribution in [-0.2, 0) is 21.3 Å². The topological polar surface area (TPSA) is 71.8 Å². The van der Waals surface area contributed by atoms with Crippen LogP contribution in [0.25, 0.3) is 0 Å². The van der Waals surface area contributed by atoms with Crippen LogP contribution in [0.3, 0.4) is 0 Å². The van der Waals surface area contributed by atoms with Crippen LogP contribution in [0.2, 0.25) is 0 Å². The molecule has 2 rings (SSSR count). The molecule has 0 bridgehead atoms. The Hall–Kier alpha value is -0.890. The van der Waals surface area contributed by atoms with Gasteiger partial charge in [0.1, 0.15) is 5.76 Å². The van der Waals surface area contributed by atoms with Crippen molar-refractivity contribution in [3.8, 4) is 0 Å². The Morgan fingerprint density at radius 2 is 2.16 bits per heavy atom. The third kappa shape index (κ3) is 3.00. The fourth-order valence-corrected chi connectivity index (χ4v) is 3.71. The average Bonchev–Trinajstić information content (AvgIpc) is 2.82. The van der Waals surface area contributed by atoms with Gasteiger partial charge in [0.25, 0.3) is 10.0 Å². The largest absolute Gasteiger partial charge is 0.447 e. The minimum Gasteiger partial charge on any atom is -0.447 e. The van der Waals surface area contributed by atoms with Crippen molar-refractivity contribution in [1.29, 1.82) is 0 Å². The molecule has 6 nitrogen and oxygen atoms in total. The summed E-state index contributed by atoms with van der Waals surface area (Å²) in [4.78, 5) is 0. The summed E-state index contributed by atoms with van der Waals surface area (Å²) in [7, 11) is -1.80. The van der Waals surface area contributed by atoms with Gasteiger partial charge in [0.15, 0.2) is 0 Å². The van der Waals surface area contributed by atoms with Crippen molar-refractivity contribution in [2.75, 3.05) is 20.2 Å². The molecule has 1 N–H and O–H groups in total. The summed E-state index contributed by atoms with van der Waals surface area (Å²) in [5.74, 6) is 0.607. The van der Waals surface area contributed by atoms with Gasteiger partial charge in [0.2, 0.25) is 5.09 Å². The second-order valence-electron chi connectivity index (χ2n) is 4.82. The van der Waals surface area contributed by atoms with Crippen molar-refractivity contribution in [2.24, 2.45) is 0 Å². The Labute approximate surface area is 113 Å².